The predicted octanol–water partition coefficient (Wildman–Crippen LogP) is 1.89. The molecule has 1 heterocycles. The van der Waals surface area contributed by atoms with Gasteiger partial charge in [0.05, 0.1) is 94.2 Å². The Balaban J connectivity index is 1.67. The van der Waals surface area contributed by atoms with Crippen LogP contribution in [0, 0.1) is 23.7 Å². The summed E-state index contributed by atoms with van der Waals surface area (Å²) in [6, 6.07) is 5.31. The second-order valence-electron chi connectivity index (χ2n) is 19.5. The molecule has 0 unspecified atom stereocenters. The number of nitrogens with one attached hydrogen (secondary N) is 3. The highest BCUT2D eigenvalue weighted by Gasteiger charge is 2.44. The van der Waals surface area contributed by atoms with Gasteiger partial charge in [-0.1, -0.05) is 78.8 Å². The summed E-state index contributed by atoms with van der Waals surface area (Å²) >= 11 is 0. The van der Waals surface area contributed by atoms with Crippen molar-refractivity contribution in [2.24, 2.45) is 29.6 Å². The molecule has 1 saturated heterocycles. The van der Waals surface area contributed by atoms with Crippen molar-refractivity contribution in [3.05, 3.63) is 35.9 Å². The van der Waals surface area contributed by atoms with Crippen molar-refractivity contribution < 1.29 is 60.9 Å². The van der Waals surface area contributed by atoms with Gasteiger partial charge in [-0.2, -0.15) is 0 Å². The van der Waals surface area contributed by atoms with Crippen LogP contribution in [0.4, 0.5) is 0 Å². The van der Waals surface area contributed by atoms with Crippen LogP contribution in [0.2, 0.25) is 0 Å². The SMILES string of the molecule is CO[C@H]([C@@H](C)C(=O)N[C@@H](Cc1ccccc1)C(=O)NS(=O)(=O)C1CC1)[C@@H]1CCCN1C(=O)C[C@@H](OC)[C@H](C(C)C)N(C)C(=O)[C@@H](NC(=O)[C@H](C(C)C)N(C)CCOCCOCCOCCON)C(C)C. The largest absolute Gasteiger partial charge is 0.379 e. The van der Waals surface area contributed by atoms with Crippen LogP contribution >= 0.6 is 0 Å². The molecule has 21 heteroatoms. The van der Waals surface area contributed by atoms with Crippen molar-refractivity contribution in [2.45, 2.75) is 135 Å². The summed E-state index contributed by atoms with van der Waals surface area (Å²) in [7, 11) is 2.63. The Morgan fingerprint density at radius 1 is 0.757 bits per heavy atom. The number of sulfonamides is 1. The van der Waals surface area contributed by atoms with Crippen LogP contribution in [0.25, 0.3) is 0 Å². The van der Waals surface area contributed by atoms with Crippen LogP contribution in [0.15, 0.2) is 30.3 Å². The van der Waals surface area contributed by atoms with Crippen LogP contribution < -0.4 is 21.3 Å². The quantitative estimate of drug-likeness (QED) is 0.0569. The summed E-state index contributed by atoms with van der Waals surface area (Å²) in [4.78, 5) is 80.0. The fourth-order valence-electron chi connectivity index (χ4n) is 9.21. The molecule has 1 saturated carbocycles. The number of nitrogens with zero attached hydrogens (tertiary/aromatic N) is 3. The van der Waals surface area contributed by atoms with E-state index in [1.165, 1.54) is 14.2 Å². The summed E-state index contributed by atoms with van der Waals surface area (Å²) in [6.07, 6.45) is 0.615. The first-order chi connectivity index (χ1) is 33.2. The molecule has 1 aromatic carbocycles. The molecule has 3 rings (SSSR count). The maximum absolute atomic E-state index is 14.5. The van der Waals surface area contributed by atoms with E-state index in [9.17, 15) is 32.4 Å². The molecule has 20 nitrogen and oxygen atoms in total. The molecule has 2 fully saturated rings. The highest BCUT2D eigenvalue weighted by molar-refractivity contribution is 7.90. The third-order valence-electron chi connectivity index (χ3n) is 13.1. The average Bonchev–Trinajstić information content (AvgIpc) is 4.07. The number of ether oxygens (including phenoxy) is 5. The molecular formula is C49H85N7O13S. The zero-order valence-corrected chi connectivity index (χ0v) is 44.4. The first-order valence-electron chi connectivity index (χ1n) is 24.8. The average molecular weight is 1010 g/mol. The standard InChI is InChI=1S/C49H85N7O13S/c1-32(2)42(52-48(60)44(34(5)6)54(8)22-23-66-24-25-67-26-27-68-28-29-69-50)49(61)55(9)43(33(3)4)40(64-10)31-41(57)56-21-15-18-39(56)45(65-11)35(7)46(58)51-38(30-36-16-13-12-14-17-36)47(59)53-70(62,63)37-19-20-37/h12-14,16-17,32-35,37-40,42-45H,15,18-31,50H2,1-11H3,(H,51,58)(H,52,60)(H,53,59)/t35-,38+,39+,40-,42+,43+,44+,45-/m1/s1. The Morgan fingerprint density at radius 2 is 1.36 bits per heavy atom. The summed E-state index contributed by atoms with van der Waals surface area (Å²) < 4.78 is 56.2. The summed E-state index contributed by atoms with van der Waals surface area (Å²) in [6.45, 7) is 16.8. The first kappa shape index (κ1) is 60.5. The third-order valence-corrected chi connectivity index (χ3v) is 15.0. The van der Waals surface area contributed by atoms with E-state index in [0.29, 0.717) is 85.0 Å². The van der Waals surface area contributed by atoms with Gasteiger partial charge in [-0.25, -0.2) is 14.3 Å². The Bertz CT molecular complexity index is 1870. The van der Waals surface area contributed by atoms with Crippen LogP contribution in [0.1, 0.15) is 86.1 Å². The molecule has 1 aliphatic heterocycles. The normalized spacial score (nSPS) is 18.3. The van der Waals surface area contributed by atoms with E-state index in [0.717, 1.165) is 5.56 Å². The molecule has 5 N–H and O–H groups in total. The molecule has 0 spiro atoms. The molecule has 2 aliphatic rings. The lowest BCUT2D eigenvalue weighted by molar-refractivity contribution is -0.148. The maximum Gasteiger partial charge on any atom is 0.256 e. The Hall–Kier alpha value is -3.80. The summed E-state index contributed by atoms with van der Waals surface area (Å²) in [5.41, 5.74) is 0.730. The van der Waals surface area contributed by atoms with Crippen molar-refractivity contribution in [3.8, 4) is 0 Å². The minimum Gasteiger partial charge on any atom is -0.379 e. The number of amides is 5. The molecule has 5 amide bonds. The van der Waals surface area contributed by atoms with E-state index in [1.807, 2.05) is 59.6 Å². The van der Waals surface area contributed by atoms with E-state index in [4.69, 9.17) is 29.6 Å². The number of nitrogens with two attached hydrogens (primary N) is 1. The number of hydrogen-bond acceptors (Lipinski definition) is 15. The highest BCUT2D eigenvalue weighted by atomic mass is 32.2. The minimum atomic E-state index is -3.88. The van der Waals surface area contributed by atoms with Gasteiger partial charge < -0.3 is 49.0 Å². The molecule has 70 heavy (non-hydrogen) atoms. The molecule has 1 aromatic rings. The number of rotatable bonds is 34. The third kappa shape index (κ3) is 18.7. The van der Waals surface area contributed by atoms with Gasteiger partial charge in [0.2, 0.25) is 33.7 Å². The number of likely N-dealkylation sites (N-methyl/N-ethyl adjacent to an activating group) is 2. The van der Waals surface area contributed by atoms with E-state index in [2.05, 4.69) is 20.2 Å². The first-order valence-corrected chi connectivity index (χ1v) is 26.3. The van der Waals surface area contributed by atoms with Crippen molar-refractivity contribution in [1.29, 1.82) is 0 Å². The van der Waals surface area contributed by atoms with Gasteiger partial charge >= 0.3 is 0 Å². The summed E-state index contributed by atoms with van der Waals surface area (Å²) in [5, 5.41) is 5.22. The molecule has 8 atom stereocenters. The van der Waals surface area contributed by atoms with E-state index in [-0.39, 0.29) is 48.3 Å². The Labute approximate surface area is 417 Å². The number of carbonyl (C=O) groups excluding carboxylic acids is 5. The van der Waals surface area contributed by atoms with Crippen molar-refractivity contribution in [2.75, 3.05) is 87.7 Å². The monoisotopic (exact) mass is 1010 g/mol. The van der Waals surface area contributed by atoms with Gasteiger partial charge in [-0.05, 0) is 56.0 Å². The van der Waals surface area contributed by atoms with Gasteiger partial charge in [-0.3, -0.25) is 33.6 Å². The topological polar surface area (TPSA) is 247 Å². The fraction of sp³-hybridized carbons (Fsp3) is 0.776. The molecular weight excluding hydrogens is 927 g/mol. The Kier molecular flexibility index (Phi) is 26.2. The predicted molar refractivity (Wildman–Crippen MR) is 264 cm³/mol. The van der Waals surface area contributed by atoms with E-state index in [1.54, 1.807) is 48.0 Å². The van der Waals surface area contributed by atoms with Gasteiger partial charge in [0.15, 0.2) is 0 Å². The van der Waals surface area contributed by atoms with Gasteiger partial charge in [0.25, 0.3) is 5.91 Å². The summed E-state index contributed by atoms with van der Waals surface area (Å²) in [5.74, 6) is 1.41. The number of benzene rings is 1. The highest BCUT2D eigenvalue weighted by Crippen LogP contribution is 2.30. The Morgan fingerprint density at radius 3 is 1.89 bits per heavy atom. The van der Waals surface area contributed by atoms with Crippen molar-refractivity contribution >= 4 is 39.6 Å². The molecule has 400 valence electrons. The van der Waals surface area contributed by atoms with E-state index < -0.39 is 75.4 Å². The second kappa shape index (κ2) is 30.3. The van der Waals surface area contributed by atoms with Crippen molar-refractivity contribution in [1.82, 2.24) is 30.1 Å². The minimum absolute atomic E-state index is 0.0585. The number of hydrogen-bond donors (Lipinski definition) is 4. The second-order valence-corrected chi connectivity index (χ2v) is 21.5. The van der Waals surface area contributed by atoms with Crippen LogP contribution in [0.3, 0.4) is 0 Å². The number of carbonyl (C=O) groups is 5. The van der Waals surface area contributed by atoms with Crippen LogP contribution in [0.5, 0.6) is 0 Å². The lowest BCUT2D eigenvalue weighted by Gasteiger charge is -2.40. The smallest absolute Gasteiger partial charge is 0.256 e. The molecule has 0 radical (unpaired) electrons. The van der Waals surface area contributed by atoms with Crippen LogP contribution in [-0.2, 0) is 68.9 Å². The number of likely N-dealkylation sites (tertiary alicyclic amines) is 1. The molecule has 1 aliphatic carbocycles. The van der Waals surface area contributed by atoms with Gasteiger partial charge in [0, 0.05) is 40.8 Å². The molecule has 0 aromatic heterocycles. The lowest BCUT2D eigenvalue weighted by atomic mass is 9.91. The zero-order valence-electron chi connectivity index (χ0n) is 43.6. The van der Waals surface area contributed by atoms with Crippen LogP contribution in [-0.4, -0.2) is 188 Å². The lowest BCUT2D eigenvalue weighted by Crippen LogP contribution is -2.60. The van der Waals surface area contributed by atoms with Gasteiger partial charge in [-0.15, -0.1) is 0 Å². The number of methoxy groups -OCH3 is 2. The zero-order chi connectivity index (χ0) is 52.1. The van der Waals surface area contributed by atoms with Crippen molar-refractivity contribution in [3.63, 3.8) is 0 Å². The fourth-order valence-corrected chi connectivity index (χ4v) is 10.6. The molecule has 0 bridgehead atoms. The van der Waals surface area contributed by atoms with Gasteiger partial charge in [0.1, 0.15) is 12.1 Å². The maximum atomic E-state index is 14.5. The van der Waals surface area contributed by atoms with E-state index >= 15 is 0 Å².